The molecule has 106 valence electrons. The predicted octanol–water partition coefficient (Wildman–Crippen LogP) is 4.32. The van der Waals surface area contributed by atoms with Crippen molar-refractivity contribution >= 4 is 29.1 Å². The number of aryl methyl sites for hydroxylation is 1. The van der Waals surface area contributed by atoms with Crippen LogP contribution in [-0.2, 0) is 6.18 Å². The minimum absolute atomic E-state index is 0.236. The lowest BCUT2D eigenvalue weighted by Crippen LogP contribution is -2.08. The number of rotatable bonds is 3. The third kappa shape index (κ3) is 3.31. The fraction of sp³-hybridized carbons (Fsp3) is 0.167. The van der Waals surface area contributed by atoms with E-state index in [0.29, 0.717) is 10.4 Å². The number of alkyl halides is 3. The molecular formula is C12H8F3NO2S2. The van der Waals surface area contributed by atoms with Crippen molar-refractivity contribution in [2.45, 2.75) is 22.3 Å². The number of carboxylic acids is 1. The fourth-order valence-corrected chi connectivity index (χ4v) is 3.33. The van der Waals surface area contributed by atoms with E-state index in [1.165, 1.54) is 11.3 Å². The number of hydrogen-bond acceptors (Lipinski definition) is 4. The number of aromatic carboxylic acids is 1. The van der Waals surface area contributed by atoms with E-state index in [-0.39, 0.29) is 10.5 Å². The van der Waals surface area contributed by atoms with Gasteiger partial charge in [-0.1, -0.05) is 11.8 Å². The molecule has 1 aromatic heterocycles. The number of aromatic nitrogens is 1. The van der Waals surface area contributed by atoms with Gasteiger partial charge in [0.1, 0.15) is 0 Å². The third-order valence-corrected chi connectivity index (χ3v) is 4.46. The lowest BCUT2D eigenvalue weighted by atomic mass is 10.1. The summed E-state index contributed by atoms with van der Waals surface area (Å²) in [6.07, 6.45) is -4.56. The predicted molar refractivity (Wildman–Crippen MR) is 69.4 cm³/mol. The standard InChI is InChI=1S/C12H8F3NO2S2/c1-6-5-19-11(16-6)20-9-3-2-7(12(13,14)15)4-8(9)10(17)18/h2-5H,1H3,(H,17,18). The molecule has 0 bridgehead atoms. The highest BCUT2D eigenvalue weighted by atomic mass is 32.2. The van der Waals surface area contributed by atoms with E-state index >= 15 is 0 Å². The van der Waals surface area contributed by atoms with Gasteiger partial charge in [0, 0.05) is 16.0 Å². The summed E-state index contributed by atoms with van der Waals surface area (Å²) >= 11 is 2.35. The van der Waals surface area contributed by atoms with Crippen LogP contribution in [0.25, 0.3) is 0 Å². The number of benzene rings is 1. The zero-order valence-corrected chi connectivity index (χ0v) is 11.7. The van der Waals surface area contributed by atoms with Crippen molar-refractivity contribution in [1.82, 2.24) is 4.98 Å². The molecule has 0 saturated carbocycles. The molecule has 20 heavy (non-hydrogen) atoms. The maximum Gasteiger partial charge on any atom is 0.416 e. The minimum atomic E-state index is -4.56. The number of thiazole rings is 1. The quantitative estimate of drug-likeness (QED) is 0.915. The summed E-state index contributed by atoms with van der Waals surface area (Å²) in [5, 5.41) is 10.8. The summed E-state index contributed by atoms with van der Waals surface area (Å²) in [7, 11) is 0. The number of hydrogen-bond donors (Lipinski definition) is 1. The number of nitrogens with zero attached hydrogens (tertiary/aromatic N) is 1. The molecule has 0 unspecified atom stereocenters. The maximum absolute atomic E-state index is 12.6. The summed E-state index contributed by atoms with van der Waals surface area (Å²) < 4.78 is 38.3. The van der Waals surface area contributed by atoms with Crippen LogP contribution in [0.3, 0.4) is 0 Å². The van der Waals surface area contributed by atoms with Gasteiger partial charge >= 0.3 is 12.1 Å². The third-order valence-electron chi connectivity index (χ3n) is 2.33. The van der Waals surface area contributed by atoms with Crippen molar-refractivity contribution < 1.29 is 23.1 Å². The Kier molecular flexibility index (Phi) is 4.05. The van der Waals surface area contributed by atoms with E-state index < -0.39 is 17.7 Å². The normalized spacial score (nSPS) is 11.6. The highest BCUT2D eigenvalue weighted by molar-refractivity contribution is 8.01. The molecule has 0 atom stereocenters. The second kappa shape index (κ2) is 5.45. The lowest BCUT2D eigenvalue weighted by Gasteiger charge is -2.10. The Bertz CT molecular complexity index is 652. The highest BCUT2D eigenvalue weighted by Crippen LogP contribution is 2.36. The second-order valence-corrected chi connectivity index (χ2v) is 6.02. The Balaban J connectivity index is 2.40. The Morgan fingerprint density at radius 2 is 2.10 bits per heavy atom. The molecule has 0 aliphatic carbocycles. The molecule has 1 N–H and O–H groups in total. The first-order chi connectivity index (χ1) is 9.27. The van der Waals surface area contributed by atoms with Crippen molar-refractivity contribution in [3.8, 4) is 0 Å². The van der Waals surface area contributed by atoms with Crippen LogP contribution in [0.15, 0.2) is 32.8 Å². The second-order valence-electron chi connectivity index (χ2n) is 3.87. The molecule has 1 aromatic carbocycles. The van der Waals surface area contributed by atoms with E-state index in [9.17, 15) is 18.0 Å². The Morgan fingerprint density at radius 3 is 2.60 bits per heavy atom. The molecule has 0 saturated heterocycles. The van der Waals surface area contributed by atoms with Crippen LogP contribution >= 0.6 is 23.1 Å². The first kappa shape index (κ1) is 14.9. The number of carboxylic acid groups (broad SMARTS) is 1. The highest BCUT2D eigenvalue weighted by Gasteiger charge is 2.32. The average Bonchev–Trinajstić information content (AvgIpc) is 2.73. The van der Waals surface area contributed by atoms with Crippen LogP contribution in [0.2, 0.25) is 0 Å². The average molecular weight is 319 g/mol. The van der Waals surface area contributed by atoms with Crippen molar-refractivity contribution in [1.29, 1.82) is 0 Å². The maximum atomic E-state index is 12.6. The number of carbonyl (C=O) groups is 1. The Morgan fingerprint density at radius 1 is 1.40 bits per heavy atom. The summed E-state index contributed by atoms with van der Waals surface area (Å²) in [5.41, 5.74) is -0.575. The molecular weight excluding hydrogens is 311 g/mol. The molecule has 0 radical (unpaired) electrons. The van der Waals surface area contributed by atoms with Gasteiger partial charge in [-0.05, 0) is 25.1 Å². The fourth-order valence-electron chi connectivity index (χ4n) is 1.44. The van der Waals surface area contributed by atoms with E-state index in [1.807, 2.05) is 0 Å². The molecule has 0 fully saturated rings. The van der Waals surface area contributed by atoms with Gasteiger partial charge in [-0.2, -0.15) is 13.2 Å². The van der Waals surface area contributed by atoms with Crippen LogP contribution in [0.5, 0.6) is 0 Å². The molecule has 8 heteroatoms. The van der Waals surface area contributed by atoms with Crippen molar-refractivity contribution in [3.05, 3.63) is 40.4 Å². The van der Waals surface area contributed by atoms with Gasteiger partial charge in [0.05, 0.1) is 11.1 Å². The molecule has 2 rings (SSSR count). The number of halogens is 3. The first-order valence-electron chi connectivity index (χ1n) is 5.32. The Hall–Kier alpha value is -1.54. The topological polar surface area (TPSA) is 50.2 Å². The monoisotopic (exact) mass is 319 g/mol. The Labute approximate surface area is 120 Å². The molecule has 0 spiro atoms. The van der Waals surface area contributed by atoms with Crippen LogP contribution in [-0.4, -0.2) is 16.1 Å². The van der Waals surface area contributed by atoms with Crippen molar-refractivity contribution in [3.63, 3.8) is 0 Å². The van der Waals surface area contributed by atoms with Crippen molar-refractivity contribution in [2.24, 2.45) is 0 Å². The first-order valence-corrected chi connectivity index (χ1v) is 7.01. The summed E-state index contributed by atoms with van der Waals surface area (Å²) in [6, 6.07) is 2.67. The van der Waals surface area contributed by atoms with Gasteiger partial charge < -0.3 is 5.11 Å². The molecule has 0 aliphatic heterocycles. The van der Waals surface area contributed by atoms with Gasteiger partial charge in [0.15, 0.2) is 4.34 Å². The van der Waals surface area contributed by atoms with Crippen LogP contribution in [0.4, 0.5) is 13.2 Å². The van der Waals surface area contributed by atoms with Crippen molar-refractivity contribution in [2.75, 3.05) is 0 Å². The van der Waals surface area contributed by atoms with Gasteiger partial charge in [0.2, 0.25) is 0 Å². The van der Waals surface area contributed by atoms with Gasteiger partial charge in [0.25, 0.3) is 0 Å². The molecule has 2 aromatic rings. The van der Waals surface area contributed by atoms with E-state index in [4.69, 9.17) is 5.11 Å². The van der Waals surface area contributed by atoms with E-state index in [1.54, 1.807) is 12.3 Å². The molecule has 3 nitrogen and oxygen atoms in total. The zero-order valence-electron chi connectivity index (χ0n) is 10.1. The minimum Gasteiger partial charge on any atom is -0.478 e. The van der Waals surface area contributed by atoms with Gasteiger partial charge in [-0.3, -0.25) is 0 Å². The van der Waals surface area contributed by atoms with E-state index in [2.05, 4.69) is 4.98 Å². The molecule has 1 heterocycles. The smallest absolute Gasteiger partial charge is 0.416 e. The van der Waals surface area contributed by atoms with Crippen LogP contribution in [0, 0.1) is 6.92 Å². The SMILES string of the molecule is Cc1csc(Sc2ccc(C(F)(F)F)cc2C(=O)O)n1. The summed E-state index contributed by atoms with van der Waals surface area (Å²) in [6.45, 7) is 1.78. The van der Waals surface area contributed by atoms with Gasteiger partial charge in [-0.15, -0.1) is 11.3 Å². The van der Waals surface area contributed by atoms with Crippen LogP contribution < -0.4 is 0 Å². The summed E-state index contributed by atoms with van der Waals surface area (Å²) in [4.78, 5) is 15.5. The van der Waals surface area contributed by atoms with Crippen LogP contribution in [0.1, 0.15) is 21.6 Å². The molecule has 0 amide bonds. The van der Waals surface area contributed by atoms with Gasteiger partial charge in [-0.25, -0.2) is 9.78 Å². The lowest BCUT2D eigenvalue weighted by molar-refractivity contribution is -0.137. The van der Waals surface area contributed by atoms with E-state index in [0.717, 1.165) is 29.6 Å². The largest absolute Gasteiger partial charge is 0.478 e. The molecule has 0 aliphatic rings. The summed E-state index contributed by atoms with van der Waals surface area (Å²) in [5.74, 6) is -1.40. The zero-order chi connectivity index (χ0) is 14.9.